The third-order valence-corrected chi connectivity index (χ3v) is 1.99. The number of hydrogen-bond donors (Lipinski definition) is 1. The van der Waals surface area contributed by atoms with Crippen molar-refractivity contribution in [2.45, 2.75) is 31.8 Å². The molecule has 1 unspecified atom stereocenters. The maximum Gasteiger partial charge on any atom is 0.318 e. The van der Waals surface area contributed by atoms with Gasteiger partial charge in [0.15, 0.2) is 0 Å². The molecule has 0 aliphatic heterocycles. The van der Waals surface area contributed by atoms with Gasteiger partial charge < -0.3 is 10.2 Å². The predicted octanol–water partition coefficient (Wildman–Crippen LogP) is 0.702. The zero-order valence-corrected chi connectivity index (χ0v) is 7.37. The van der Waals surface area contributed by atoms with Gasteiger partial charge in [-0.15, -0.1) is 0 Å². The Labute approximate surface area is 72.2 Å². The van der Waals surface area contributed by atoms with E-state index in [0.717, 1.165) is 12.8 Å². The molecular formula is C8H13N3O. The van der Waals surface area contributed by atoms with Crippen molar-refractivity contribution in [2.75, 3.05) is 7.05 Å². The number of nitrogens with one attached hydrogen (secondary N) is 1. The molecule has 1 rings (SSSR count). The summed E-state index contributed by atoms with van der Waals surface area (Å²) < 4.78 is 0. The van der Waals surface area contributed by atoms with Gasteiger partial charge in [-0.05, 0) is 19.8 Å². The molecule has 1 aliphatic carbocycles. The highest BCUT2D eigenvalue weighted by Gasteiger charge is 2.25. The summed E-state index contributed by atoms with van der Waals surface area (Å²) in [5.74, 6) is 0. The number of urea groups is 1. The largest absolute Gasteiger partial charge is 0.335 e. The smallest absolute Gasteiger partial charge is 0.318 e. The molecule has 4 heteroatoms. The summed E-state index contributed by atoms with van der Waals surface area (Å²) >= 11 is 0. The van der Waals surface area contributed by atoms with E-state index in [9.17, 15) is 4.79 Å². The van der Waals surface area contributed by atoms with E-state index in [1.165, 1.54) is 4.90 Å². The van der Waals surface area contributed by atoms with Crippen LogP contribution in [0.4, 0.5) is 4.79 Å². The van der Waals surface area contributed by atoms with E-state index in [-0.39, 0.29) is 12.1 Å². The summed E-state index contributed by atoms with van der Waals surface area (Å²) in [5, 5.41) is 11.3. The zero-order valence-electron chi connectivity index (χ0n) is 7.37. The lowest BCUT2D eigenvalue weighted by atomic mass is 10.3. The van der Waals surface area contributed by atoms with Crippen LogP contribution in [0.3, 0.4) is 0 Å². The van der Waals surface area contributed by atoms with Gasteiger partial charge in [-0.25, -0.2) is 4.79 Å². The summed E-state index contributed by atoms with van der Waals surface area (Å²) in [6.07, 6.45) is 2.14. The molecule has 0 bridgehead atoms. The number of nitriles is 1. The molecule has 1 atom stereocenters. The number of carbonyl (C=O) groups excluding carboxylic acids is 1. The monoisotopic (exact) mass is 167 g/mol. The molecule has 2 amide bonds. The first-order chi connectivity index (χ1) is 5.65. The highest BCUT2D eigenvalue weighted by Crippen LogP contribution is 2.18. The summed E-state index contributed by atoms with van der Waals surface area (Å²) in [6.45, 7) is 1.70. The summed E-state index contributed by atoms with van der Waals surface area (Å²) in [5.41, 5.74) is 0. The zero-order chi connectivity index (χ0) is 9.14. The summed E-state index contributed by atoms with van der Waals surface area (Å²) in [4.78, 5) is 12.7. The molecule has 0 saturated heterocycles. The van der Waals surface area contributed by atoms with E-state index in [0.29, 0.717) is 6.04 Å². The fourth-order valence-corrected chi connectivity index (χ4v) is 0.767. The molecule has 0 aromatic carbocycles. The minimum atomic E-state index is -0.358. The SMILES string of the molecule is CC(C#N)N(C)C(=O)NC1CC1. The fourth-order valence-electron chi connectivity index (χ4n) is 0.767. The Morgan fingerprint density at radius 3 is 2.75 bits per heavy atom. The summed E-state index contributed by atoms with van der Waals surface area (Å²) in [6, 6.07) is 1.85. The fraction of sp³-hybridized carbons (Fsp3) is 0.750. The minimum absolute atomic E-state index is 0.147. The molecular weight excluding hydrogens is 154 g/mol. The van der Waals surface area contributed by atoms with E-state index in [2.05, 4.69) is 5.32 Å². The number of rotatable bonds is 2. The van der Waals surface area contributed by atoms with Gasteiger partial charge in [0.05, 0.1) is 6.07 Å². The van der Waals surface area contributed by atoms with Gasteiger partial charge in [-0.2, -0.15) is 5.26 Å². The Morgan fingerprint density at radius 2 is 2.33 bits per heavy atom. The van der Waals surface area contributed by atoms with Crippen molar-refractivity contribution in [3.8, 4) is 6.07 Å². The second-order valence-electron chi connectivity index (χ2n) is 3.14. The second-order valence-corrected chi connectivity index (χ2v) is 3.14. The molecule has 12 heavy (non-hydrogen) atoms. The Hall–Kier alpha value is -1.24. The topological polar surface area (TPSA) is 56.1 Å². The van der Waals surface area contributed by atoms with E-state index in [1.807, 2.05) is 6.07 Å². The lowest BCUT2D eigenvalue weighted by Crippen LogP contribution is -2.42. The van der Waals surface area contributed by atoms with Gasteiger partial charge in [-0.1, -0.05) is 0 Å². The number of amides is 2. The van der Waals surface area contributed by atoms with E-state index in [4.69, 9.17) is 5.26 Å². The van der Waals surface area contributed by atoms with Crippen molar-refractivity contribution in [1.29, 1.82) is 5.26 Å². The van der Waals surface area contributed by atoms with Crippen LogP contribution in [0.25, 0.3) is 0 Å². The Morgan fingerprint density at radius 1 is 1.75 bits per heavy atom. The van der Waals surface area contributed by atoms with Crippen molar-refractivity contribution < 1.29 is 4.79 Å². The van der Waals surface area contributed by atoms with Gasteiger partial charge in [0, 0.05) is 13.1 Å². The Balaban J connectivity index is 2.34. The lowest BCUT2D eigenvalue weighted by Gasteiger charge is -2.19. The van der Waals surface area contributed by atoms with Gasteiger partial charge in [0.2, 0.25) is 0 Å². The molecule has 1 saturated carbocycles. The molecule has 0 aromatic rings. The number of nitrogens with zero attached hydrogens (tertiary/aromatic N) is 2. The van der Waals surface area contributed by atoms with Crippen LogP contribution < -0.4 is 5.32 Å². The van der Waals surface area contributed by atoms with Crippen molar-refractivity contribution in [3.63, 3.8) is 0 Å². The molecule has 0 heterocycles. The first kappa shape index (κ1) is 8.85. The Bertz CT molecular complexity index is 217. The molecule has 1 N–H and O–H groups in total. The molecule has 1 aliphatic rings. The highest BCUT2D eigenvalue weighted by atomic mass is 16.2. The van der Waals surface area contributed by atoms with Crippen molar-refractivity contribution in [1.82, 2.24) is 10.2 Å². The first-order valence-electron chi connectivity index (χ1n) is 4.08. The predicted molar refractivity (Wildman–Crippen MR) is 44.4 cm³/mol. The third kappa shape index (κ3) is 2.12. The minimum Gasteiger partial charge on any atom is -0.335 e. The molecule has 66 valence electrons. The number of hydrogen-bond acceptors (Lipinski definition) is 2. The van der Waals surface area contributed by atoms with Crippen LogP contribution in [-0.2, 0) is 0 Å². The Kier molecular flexibility index (Phi) is 2.54. The van der Waals surface area contributed by atoms with E-state index in [1.54, 1.807) is 14.0 Å². The van der Waals surface area contributed by atoms with Crippen molar-refractivity contribution in [2.24, 2.45) is 0 Å². The van der Waals surface area contributed by atoms with Crippen LogP contribution >= 0.6 is 0 Å². The quantitative estimate of drug-likeness (QED) is 0.658. The molecule has 0 aromatic heterocycles. The average molecular weight is 167 g/mol. The van der Waals surface area contributed by atoms with Crippen LogP contribution in [-0.4, -0.2) is 30.1 Å². The molecule has 0 spiro atoms. The molecule has 1 fully saturated rings. The normalized spacial score (nSPS) is 17.8. The maximum atomic E-state index is 11.3. The average Bonchev–Trinajstić information content (AvgIpc) is 2.85. The summed E-state index contributed by atoms with van der Waals surface area (Å²) in [7, 11) is 1.63. The van der Waals surface area contributed by atoms with Crippen LogP contribution in [0.1, 0.15) is 19.8 Å². The van der Waals surface area contributed by atoms with Crippen LogP contribution in [0.5, 0.6) is 0 Å². The molecule has 0 radical (unpaired) electrons. The standard InChI is InChI=1S/C8H13N3O/c1-6(5-9)11(2)8(12)10-7-3-4-7/h6-7H,3-4H2,1-2H3,(H,10,12). The van der Waals surface area contributed by atoms with E-state index >= 15 is 0 Å². The number of carbonyl (C=O) groups is 1. The van der Waals surface area contributed by atoms with Gasteiger partial charge >= 0.3 is 6.03 Å². The van der Waals surface area contributed by atoms with Gasteiger partial charge in [0.25, 0.3) is 0 Å². The first-order valence-corrected chi connectivity index (χ1v) is 4.08. The third-order valence-electron chi connectivity index (χ3n) is 1.99. The van der Waals surface area contributed by atoms with Crippen LogP contribution in [0.2, 0.25) is 0 Å². The lowest BCUT2D eigenvalue weighted by molar-refractivity contribution is 0.202. The van der Waals surface area contributed by atoms with Crippen LogP contribution in [0, 0.1) is 11.3 Å². The van der Waals surface area contributed by atoms with Crippen molar-refractivity contribution >= 4 is 6.03 Å². The molecule has 4 nitrogen and oxygen atoms in total. The maximum absolute atomic E-state index is 11.3. The van der Waals surface area contributed by atoms with Crippen LogP contribution in [0.15, 0.2) is 0 Å². The second kappa shape index (κ2) is 3.44. The van der Waals surface area contributed by atoms with Crippen molar-refractivity contribution in [3.05, 3.63) is 0 Å². The highest BCUT2D eigenvalue weighted by molar-refractivity contribution is 5.75. The van der Waals surface area contributed by atoms with Gasteiger partial charge in [-0.3, -0.25) is 0 Å². The van der Waals surface area contributed by atoms with E-state index < -0.39 is 0 Å². The van der Waals surface area contributed by atoms with Gasteiger partial charge in [0.1, 0.15) is 6.04 Å².